The van der Waals surface area contributed by atoms with Crippen molar-refractivity contribution in [3.8, 4) is 0 Å². The third-order valence-corrected chi connectivity index (χ3v) is 4.68. The maximum Gasteiger partial charge on any atom is 0.168 e. The van der Waals surface area contributed by atoms with Crippen LogP contribution in [0.2, 0.25) is 0 Å². The second-order valence-corrected chi connectivity index (χ2v) is 6.35. The summed E-state index contributed by atoms with van der Waals surface area (Å²) in [6.07, 6.45) is 10.8. The summed E-state index contributed by atoms with van der Waals surface area (Å²) in [5.74, 6) is 0.642. The van der Waals surface area contributed by atoms with Gasteiger partial charge in [-0.2, -0.15) is 0 Å². The predicted molar refractivity (Wildman–Crippen MR) is 97.0 cm³/mol. The van der Waals surface area contributed by atoms with Crippen LogP contribution in [0.1, 0.15) is 58.8 Å². The normalized spacial score (nSPS) is 16.9. The monoisotopic (exact) mass is 309 g/mol. The van der Waals surface area contributed by atoms with Crippen LogP contribution in [0.5, 0.6) is 0 Å². The lowest BCUT2D eigenvalue weighted by Gasteiger charge is -2.34. The molecule has 0 aromatic carbocycles. The van der Waals surface area contributed by atoms with E-state index in [1.54, 1.807) is 0 Å². The first kappa shape index (κ1) is 18.1. The minimum absolute atomic E-state index is 0.642. The first-order valence-corrected chi connectivity index (χ1v) is 8.75. The Balaban J connectivity index is 2.17. The van der Waals surface area contributed by atoms with E-state index in [1.807, 2.05) is 6.20 Å². The molecule has 0 aromatic heterocycles. The van der Waals surface area contributed by atoms with Crippen molar-refractivity contribution in [2.75, 3.05) is 19.6 Å². The molecular weight excluding hydrogens is 278 g/mol. The number of nitrogens with zero attached hydrogens (tertiary/aromatic N) is 2. The third-order valence-electron chi connectivity index (χ3n) is 4.28. The minimum atomic E-state index is 0.642. The first-order valence-electron chi connectivity index (χ1n) is 8.34. The van der Waals surface area contributed by atoms with E-state index in [2.05, 4.69) is 35.8 Å². The molecule has 21 heavy (non-hydrogen) atoms. The second kappa shape index (κ2) is 10.8. The number of allylic oxidation sites excluding steroid dienone is 1. The van der Waals surface area contributed by atoms with E-state index < -0.39 is 0 Å². The van der Waals surface area contributed by atoms with Crippen LogP contribution in [-0.2, 0) is 0 Å². The number of likely N-dealkylation sites (tertiary alicyclic amines) is 1. The smallest absolute Gasteiger partial charge is 0.168 e. The standard InChI is InChI=1S/C17H31N3S/c1-4-5-6-7-8-11-19-17(21)20-12-9-16(10-13-20)15(2)14-18-3/h14,16H,3-13H2,1-2H3,(H,19,21)/b15-14+. The van der Waals surface area contributed by atoms with Gasteiger partial charge >= 0.3 is 0 Å². The molecular formula is C17H31N3S. The number of unbranched alkanes of at least 4 members (excludes halogenated alkanes) is 4. The number of piperidine rings is 1. The highest BCUT2D eigenvalue weighted by molar-refractivity contribution is 7.80. The van der Waals surface area contributed by atoms with Gasteiger partial charge in [0.25, 0.3) is 0 Å². The summed E-state index contributed by atoms with van der Waals surface area (Å²) >= 11 is 5.50. The van der Waals surface area contributed by atoms with Crippen LogP contribution in [0, 0.1) is 5.92 Å². The second-order valence-electron chi connectivity index (χ2n) is 5.96. The van der Waals surface area contributed by atoms with Gasteiger partial charge in [-0.1, -0.05) is 38.2 Å². The molecule has 1 rings (SSSR count). The maximum atomic E-state index is 5.50. The molecule has 1 fully saturated rings. The number of hydrogen-bond acceptors (Lipinski definition) is 2. The molecule has 1 heterocycles. The lowest BCUT2D eigenvalue weighted by Crippen LogP contribution is -2.44. The van der Waals surface area contributed by atoms with E-state index in [9.17, 15) is 0 Å². The molecule has 1 aliphatic rings. The van der Waals surface area contributed by atoms with Gasteiger partial charge in [-0.3, -0.25) is 4.99 Å². The van der Waals surface area contributed by atoms with Crippen molar-refractivity contribution in [1.29, 1.82) is 0 Å². The Morgan fingerprint density at radius 1 is 1.29 bits per heavy atom. The van der Waals surface area contributed by atoms with Gasteiger partial charge in [-0.15, -0.1) is 0 Å². The molecule has 4 heteroatoms. The van der Waals surface area contributed by atoms with Gasteiger partial charge in [0.05, 0.1) is 0 Å². The summed E-state index contributed by atoms with van der Waals surface area (Å²) in [5.41, 5.74) is 1.35. The Morgan fingerprint density at radius 3 is 2.57 bits per heavy atom. The van der Waals surface area contributed by atoms with Gasteiger partial charge in [0.1, 0.15) is 0 Å². The van der Waals surface area contributed by atoms with Gasteiger partial charge in [-0.05, 0) is 51.0 Å². The lowest BCUT2D eigenvalue weighted by molar-refractivity contribution is 0.287. The van der Waals surface area contributed by atoms with Crippen molar-refractivity contribution in [3.05, 3.63) is 11.8 Å². The summed E-state index contributed by atoms with van der Waals surface area (Å²) < 4.78 is 0. The number of aliphatic imine (C=N–C) groups is 1. The van der Waals surface area contributed by atoms with Crippen LogP contribution in [0.4, 0.5) is 0 Å². The van der Waals surface area contributed by atoms with E-state index in [-0.39, 0.29) is 0 Å². The Kier molecular flexibility index (Phi) is 9.31. The fourth-order valence-electron chi connectivity index (χ4n) is 2.82. The summed E-state index contributed by atoms with van der Waals surface area (Å²) in [7, 11) is 0. The average Bonchev–Trinajstić information content (AvgIpc) is 2.51. The van der Waals surface area contributed by atoms with Crippen molar-refractivity contribution in [2.45, 2.75) is 58.8 Å². The highest BCUT2D eigenvalue weighted by Crippen LogP contribution is 2.24. The van der Waals surface area contributed by atoms with Gasteiger partial charge < -0.3 is 10.2 Å². The van der Waals surface area contributed by atoms with Gasteiger partial charge in [0, 0.05) is 25.8 Å². The highest BCUT2D eigenvalue weighted by Gasteiger charge is 2.21. The van der Waals surface area contributed by atoms with Gasteiger partial charge in [0.15, 0.2) is 5.11 Å². The van der Waals surface area contributed by atoms with Crippen molar-refractivity contribution < 1.29 is 0 Å². The molecule has 0 unspecified atom stereocenters. The van der Waals surface area contributed by atoms with E-state index >= 15 is 0 Å². The van der Waals surface area contributed by atoms with Crippen LogP contribution < -0.4 is 5.32 Å². The van der Waals surface area contributed by atoms with Gasteiger partial charge in [0.2, 0.25) is 0 Å². The topological polar surface area (TPSA) is 27.6 Å². The molecule has 1 N–H and O–H groups in total. The molecule has 0 aliphatic carbocycles. The van der Waals surface area contributed by atoms with Crippen LogP contribution in [-0.4, -0.2) is 36.4 Å². The zero-order valence-electron chi connectivity index (χ0n) is 13.7. The molecule has 0 amide bonds. The summed E-state index contributed by atoms with van der Waals surface area (Å²) in [5, 5.41) is 4.35. The van der Waals surface area contributed by atoms with Crippen LogP contribution in [0.15, 0.2) is 16.8 Å². The molecule has 1 saturated heterocycles. The van der Waals surface area contributed by atoms with Crippen molar-refractivity contribution in [3.63, 3.8) is 0 Å². The molecule has 3 nitrogen and oxygen atoms in total. The van der Waals surface area contributed by atoms with Crippen molar-refractivity contribution in [1.82, 2.24) is 10.2 Å². The summed E-state index contributed by atoms with van der Waals surface area (Å²) in [6, 6.07) is 0. The quantitative estimate of drug-likeness (QED) is 0.415. The van der Waals surface area contributed by atoms with E-state index in [0.717, 1.165) is 37.6 Å². The fourth-order valence-corrected chi connectivity index (χ4v) is 3.11. The van der Waals surface area contributed by atoms with Gasteiger partial charge in [-0.25, -0.2) is 0 Å². The third kappa shape index (κ3) is 7.07. The van der Waals surface area contributed by atoms with E-state index in [1.165, 1.54) is 37.7 Å². The first-order chi connectivity index (χ1) is 10.2. The minimum Gasteiger partial charge on any atom is -0.363 e. The van der Waals surface area contributed by atoms with Crippen molar-refractivity contribution in [2.24, 2.45) is 10.9 Å². The lowest BCUT2D eigenvalue weighted by atomic mass is 9.91. The highest BCUT2D eigenvalue weighted by atomic mass is 32.1. The SMILES string of the molecule is C=N/C=C(\C)C1CCN(C(=S)NCCCCCCC)CC1. The molecule has 1 aliphatic heterocycles. The fraction of sp³-hybridized carbons (Fsp3) is 0.765. The zero-order chi connectivity index (χ0) is 15.5. The van der Waals surface area contributed by atoms with Crippen LogP contribution in [0.25, 0.3) is 0 Å². The Bertz CT molecular complexity index is 344. The molecule has 0 bridgehead atoms. The molecule has 0 spiro atoms. The average molecular weight is 310 g/mol. The molecule has 120 valence electrons. The zero-order valence-corrected chi connectivity index (χ0v) is 14.6. The molecule has 0 atom stereocenters. The Hall–Kier alpha value is -0.900. The summed E-state index contributed by atoms with van der Waals surface area (Å²) in [4.78, 5) is 6.18. The number of rotatable bonds is 8. The largest absolute Gasteiger partial charge is 0.363 e. The number of nitrogens with one attached hydrogen (secondary N) is 1. The molecule has 0 saturated carbocycles. The Labute approximate surface area is 135 Å². The number of thiocarbonyl (C=S) groups is 1. The maximum absolute atomic E-state index is 5.50. The van der Waals surface area contributed by atoms with E-state index in [0.29, 0.717) is 5.92 Å². The van der Waals surface area contributed by atoms with E-state index in [4.69, 9.17) is 12.2 Å². The predicted octanol–water partition coefficient (Wildman–Crippen LogP) is 4.15. The van der Waals surface area contributed by atoms with Crippen molar-refractivity contribution >= 4 is 24.0 Å². The number of hydrogen-bond donors (Lipinski definition) is 1. The molecule has 0 radical (unpaired) electrons. The Morgan fingerprint density at radius 2 is 1.95 bits per heavy atom. The summed E-state index contributed by atoms with van der Waals surface area (Å²) in [6.45, 7) is 11.1. The van der Waals surface area contributed by atoms with Crippen LogP contribution >= 0.6 is 12.2 Å². The van der Waals surface area contributed by atoms with Crippen LogP contribution in [0.3, 0.4) is 0 Å². The molecule has 0 aromatic rings.